The first-order chi connectivity index (χ1) is 9.65. The summed E-state index contributed by atoms with van der Waals surface area (Å²) in [5.74, 6) is 0.841. The van der Waals surface area contributed by atoms with Crippen molar-refractivity contribution in [3.63, 3.8) is 0 Å². The summed E-state index contributed by atoms with van der Waals surface area (Å²) < 4.78 is 26.8. The van der Waals surface area contributed by atoms with Gasteiger partial charge in [0.2, 0.25) is 0 Å². The lowest BCUT2D eigenvalue weighted by atomic mass is 10.1. The summed E-state index contributed by atoms with van der Waals surface area (Å²) in [5.41, 5.74) is 1.02. The molecule has 0 saturated heterocycles. The van der Waals surface area contributed by atoms with E-state index in [2.05, 4.69) is 14.9 Å². The molecule has 1 aromatic heterocycles. The maximum Gasteiger partial charge on any atom is 0.263 e. The molecule has 6 heteroatoms. The van der Waals surface area contributed by atoms with Gasteiger partial charge in [-0.05, 0) is 25.0 Å². The third kappa shape index (κ3) is 2.70. The highest BCUT2D eigenvalue weighted by molar-refractivity contribution is 7.92. The monoisotopic (exact) mass is 291 g/mol. The molecule has 3 rings (SSSR count). The Morgan fingerprint density at radius 2 is 1.85 bits per heavy atom. The molecule has 1 aromatic carbocycles. The van der Waals surface area contributed by atoms with E-state index in [1.165, 1.54) is 12.8 Å². The second-order valence-corrected chi connectivity index (χ2v) is 6.79. The van der Waals surface area contributed by atoms with E-state index in [1.54, 1.807) is 36.4 Å². The molecule has 2 aromatic rings. The SMILES string of the molecule is O=S(=O)(Nc1cc(C2CCCC2)[nH]n1)c1ccccc1. The molecular weight excluding hydrogens is 274 g/mol. The van der Waals surface area contributed by atoms with Gasteiger partial charge in [-0.2, -0.15) is 5.10 Å². The van der Waals surface area contributed by atoms with Gasteiger partial charge in [0.05, 0.1) is 4.90 Å². The van der Waals surface area contributed by atoms with Crippen molar-refractivity contribution in [3.8, 4) is 0 Å². The molecule has 0 spiro atoms. The predicted octanol–water partition coefficient (Wildman–Crippen LogP) is 2.87. The highest BCUT2D eigenvalue weighted by Crippen LogP contribution is 2.33. The van der Waals surface area contributed by atoms with Crippen LogP contribution in [0.3, 0.4) is 0 Å². The van der Waals surface area contributed by atoms with E-state index < -0.39 is 10.0 Å². The quantitative estimate of drug-likeness (QED) is 0.909. The number of aromatic amines is 1. The van der Waals surface area contributed by atoms with Gasteiger partial charge in [0.25, 0.3) is 10.0 Å². The number of anilines is 1. The predicted molar refractivity (Wildman–Crippen MR) is 77.0 cm³/mol. The van der Waals surface area contributed by atoms with Crippen LogP contribution in [0.25, 0.3) is 0 Å². The van der Waals surface area contributed by atoms with Gasteiger partial charge >= 0.3 is 0 Å². The maximum atomic E-state index is 12.2. The summed E-state index contributed by atoms with van der Waals surface area (Å²) >= 11 is 0. The van der Waals surface area contributed by atoms with Gasteiger partial charge in [-0.1, -0.05) is 31.0 Å². The number of rotatable bonds is 4. The van der Waals surface area contributed by atoms with Crippen LogP contribution >= 0.6 is 0 Å². The van der Waals surface area contributed by atoms with Gasteiger partial charge in [-0.3, -0.25) is 9.82 Å². The summed E-state index contributed by atoms with van der Waals surface area (Å²) in [6.07, 6.45) is 4.75. The van der Waals surface area contributed by atoms with Crippen molar-refractivity contribution < 1.29 is 8.42 Å². The molecule has 0 unspecified atom stereocenters. The normalized spacial score (nSPS) is 16.4. The number of nitrogens with zero attached hydrogens (tertiary/aromatic N) is 1. The number of nitrogens with one attached hydrogen (secondary N) is 2. The average Bonchev–Trinajstić information content (AvgIpc) is 3.10. The molecule has 0 bridgehead atoms. The third-order valence-corrected chi connectivity index (χ3v) is 5.06. The number of hydrogen-bond donors (Lipinski definition) is 2. The Morgan fingerprint density at radius 1 is 1.15 bits per heavy atom. The van der Waals surface area contributed by atoms with E-state index in [-0.39, 0.29) is 4.90 Å². The summed E-state index contributed by atoms with van der Waals surface area (Å²) in [6, 6.07) is 10.1. The molecule has 1 aliphatic carbocycles. The number of sulfonamides is 1. The first kappa shape index (κ1) is 13.2. The van der Waals surface area contributed by atoms with Crippen LogP contribution in [0.1, 0.15) is 37.3 Å². The Balaban J connectivity index is 1.78. The van der Waals surface area contributed by atoms with Crippen LogP contribution in [0.5, 0.6) is 0 Å². The van der Waals surface area contributed by atoms with Crippen molar-refractivity contribution in [2.45, 2.75) is 36.5 Å². The number of hydrogen-bond acceptors (Lipinski definition) is 3. The highest BCUT2D eigenvalue weighted by Gasteiger charge is 2.21. The Morgan fingerprint density at radius 3 is 2.55 bits per heavy atom. The van der Waals surface area contributed by atoms with Crippen molar-refractivity contribution in [3.05, 3.63) is 42.1 Å². The summed E-state index contributed by atoms with van der Waals surface area (Å²) in [4.78, 5) is 0.241. The molecule has 1 saturated carbocycles. The van der Waals surface area contributed by atoms with Crippen LogP contribution < -0.4 is 4.72 Å². The molecule has 0 radical (unpaired) electrons. The minimum absolute atomic E-state index is 0.241. The molecule has 0 amide bonds. The van der Waals surface area contributed by atoms with Gasteiger partial charge in [0, 0.05) is 17.7 Å². The Kier molecular flexibility index (Phi) is 3.48. The minimum atomic E-state index is -3.56. The summed E-state index contributed by atoms with van der Waals surface area (Å²) in [7, 11) is -3.56. The van der Waals surface area contributed by atoms with Crippen molar-refractivity contribution >= 4 is 15.8 Å². The van der Waals surface area contributed by atoms with E-state index in [1.807, 2.05) is 0 Å². The van der Waals surface area contributed by atoms with E-state index >= 15 is 0 Å². The Labute approximate surface area is 118 Å². The first-order valence-electron chi connectivity index (χ1n) is 6.78. The van der Waals surface area contributed by atoms with Gasteiger partial charge in [0.15, 0.2) is 5.82 Å². The van der Waals surface area contributed by atoms with Gasteiger partial charge in [-0.15, -0.1) is 0 Å². The fourth-order valence-electron chi connectivity index (χ4n) is 2.63. The lowest BCUT2D eigenvalue weighted by Gasteiger charge is -2.05. The van der Waals surface area contributed by atoms with Crippen LogP contribution in [0.4, 0.5) is 5.82 Å². The molecule has 0 atom stereocenters. The van der Waals surface area contributed by atoms with Crippen LogP contribution in [-0.2, 0) is 10.0 Å². The smallest absolute Gasteiger partial charge is 0.263 e. The van der Waals surface area contributed by atoms with Gasteiger partial charge < -0.3 is 0 Å². The van der Waals surface area contributed by atoms with E-state index in [0.717, 1.165) is 18.5 Å². The summed E-state index contributed by atoms with van der Waals surface area (Å²) in [6.45, 7) is 0. The molecule has 1 aliphatic rings. The van der Waals surface area contributed by atoms with E-state index in [4.69, 9.17) is 0 Å². The molecule has 1 heterocycles. The number of benzene rings is 1. The topological polar surface area (TPSA) is 74.8 Å². The average molecular weight is 291 g/mol. The molecule has 5 nitrogen and oxygen atoms in total. The molecule has 106 valence electrons. The van der Waals surface area contributed by atoms with Crippen LogP contribution in [0.2, 0.25) is 0 Å². The highest BCUT2D eigenvalue weighted by atomic mass is 32.2. The van der Waals surface area contributed by atoms with Crippen molar-refractivity contribution in [2.75, 3.05) is 4.72 Å². The number of H-pyrrole nitrogens is 1. The van der Waals surface area contributed by atoms with Crippen LogP contribution in [0.15, 0.2) is 41.3 Å². The second-order valence-electron chi connectivity index (χ2n) is 5.11. The molecule has 2 N–H and O–H groups in total. The largest absolute Gasteiger partial charge is 0.280 e. The molecule has 0 aliphatic heterocycles. The first-order valence-corrected chi connectivity index (χ1v) is 8.27. The van der Waals surface area contributed by atoms with Crippen LogP contribution in [0, 0.1) is 0 Å². The second kappa shape index (κ2) is 5.28. The van der Waals surface area contributed by atoms with Gasteiger partial charge in [0.1, 0.15) is 0 Å². The zero-order valence-electron chi connectivity index (χ0n) is 11.0. The Hall–Kier alpha value is -1.82. The molecule has 1 fully saturated rings. The lowest BCUT2D eigenvalue weighted by Crippen LogP contribution is -2.12. The van der Waals surface area contributed by atoms with Crippen molar-refractivity contribution in [1.82, 2.24) is 10.2 Å². The molecule has 20 heavy (non-hydrogen) atoms. The summed E-state index contributed by atoms with van der Waals surface area (Å²) in [5, 5.41) is 7.00. The Bertz CT molecular complexity index is 673. The third-order valence-electron chi connectivity index (χ3n) is 3.69. The number of aromatic nitrogens is 2. The maximum absolute atomic E-state index is 12.2. The minimum Gasteiger partial charge on any atom is -0.280 e. The standard InChI is InChI=1S/C14H17N3O2S/c18-20(19,12-8-2-1-3-9-12)17-14-10-13(15-16-14)11-6-4-5-7-11/h1-3,8-11H,4-7H2,(H2,15,16,17). The zero-order chi connectivity index (χ0) is 14.0. The van der Waals surface area contributed by atoms with Gasteiger partial charge in [-0.25, -0.2) is 8.42 Å². The van der Waals surface area contributed by atoms with E-state index in [0.29, 0.717) is 11.7 Å². The van der Waals surface area contributed by atoms with Crippen LogP contribution in [-0.4, -0.2) is 18.6 Å². The fourth-order valence-corrected chi connectivity index (χ4v) is 3.64. The lowest BCUT2D eigenvalue weighted by molar-refractivity contribution is 0.601. The van der Waals surface area contributed by atoms with Crippen molar-refractivity contribution in [2.24, 2.45) is 0 Å². The fraction of sp³-hybridized carbons (Fsp3) is 0.357. The molecular formula is C14H17N3O2S. The van der Waals surface area contributed by atoms with Crippen molar-refractivity contribution in [1.29, 1.82) is 0 Å². The zero-order valence-corrected chi connectivity index (χ0v) is 11.9. The van der Waals surface area contributed by atoms with E-state index in [9.17, 15) is 8.42 Å².